The molecular weight excluding hydrogens is 259 g/mol. The average molecular weight is 279 g/mol. The van der Waals surface area contributed by atoms with Gasteiger partial charge in [0.15, 0.2) is 0 Å². The first kappa shape index (κ1) is 15.6. The molecule has 0 heterocycles. The summed E-state index contributed by atoms with van der Waals surface area (Å²) >= 11 is 0. The second-order valence-corrected chi connectivity index (χ2v) is 4.52. The minimum absolute atomic E-state index is 0. The van der Waals surface area contributed by atoms with Gasteiger partial charge in [-0.05, 0) is 18.3 Å². The number of carboxylic acids is 1. The molecule has 0 unspecified atom stereocenters. The molecule has 0 saturated carbocycles. The summed E-state index contributed by atoms with van der Waals surface area (Å²) in [5.74, 6) is -0.675. The van der Waals surface area contributed by atoms with Crippen molar-refractivity contribution in [1.29, 1.82) is 0 Å². The monoisotopic (exact) mass is 278 g/mol. The predicted molar refractivity (Wildman–Crippen MR) is 50.2 cm³/mol. The maximum atomic E-state index is 10.2. The van der Waals surface area contributed by atoms with Crippen LogP contribution in [-0.2, 0) is 25.2 Å². The van der Waals surface area contributed by atoms with E-state index >= 15 is 0 Å². The van der Waals surface area contributed by atoms with Crippen LogP contribution in [0.3, 0.4) is 0 Å². The predicted octanol–water partition coefficient (Wildman–Crippen LogP) is 3.07. The largest absolute Gasteiger partial charge is 0.481 e. The van der Waals surface area contributed by atoms with E-state index in [4.69, 9.17) is 5.11 Å². The van der Waals surface area contributed by atoms with Crippen LogP contribution in [0.4, 0.5) is 0 Å². The fourth-order valence-corrected chi connectivity index (χ4v) is 1.11. The van der Waals surface area contributed by atoms with Gasteiger partial charge in [0.2, 0.25) is 0 Å². The third-order valence-electron chi connectivity index (χ3n) is 1.82. The molecule has 0 bridgehead atoms. The fraction of sp³-hybridized carbons (Fsp3) is 0.900. The number of rotatable bonds is 5. The normalized spacial score (nSPS) is 10.7. The van der Waals surface area contributed by atoms with Crippen molar-refractivity contribution in [2.45, 2.75) is 52.9 Å². The van der Waals surface area contributed by atoms with Gasteiger partial charge in [0.25, 0.3) is 0 Å². The van der Waals surface area contributed by atoms with Gasteiger partial charge in [0.05, 0.1) is 0 Å². The van der Waals surface area contributed by atoms with Crippen LogP contribution in [-0.4, -0.2) is 11.1 Å². The molecule has 0 spiro atoms. The average Bonchev–Trinajstić information content (AvgIpc) is 1.83. The summed E-state index contributed by atoms with van der Waals surface area (Å²) in [6.45, 7) is 6.64. The molecule has 0 saturated heterocycles. The summed E-state index contributed by atoms with van der Waals surface area (Å²) < 4.78 is 0. The molecule has 0 fully saturated rings. The van der Waals surface area contributed by atoms with Gasteiger partial charge in [0, 0.05) is 26.8 Å². The van der Waals surface area contributed by atoms with Crippen molar-refractivity contribution in [2.24, 2.45) is 5.41 Å². The van der Waals surface area contributed by atoms with Crippen LogP contribution in [0.15, 0.2) is 0 Å². The molecule has 1 N–H and O–H groups in total. The Hall–Kier alpha value is 0.132. The molecule has 0 aromatic rings. The molecular formula is C10H20O2Pd. The van der Waals surface area contributed by atoms with E-state index in [1.54, 1.807) is 0 Å². The van der Waals surface area contributed by atoms with Gasteiger partial charge < -0.3 is 5.11 Å². The molecule has 0 amide bonds. The fourth-order valence-electron chi connectivity index (χ4n) is 1.11. The Morgan fingerprint density at radius 3 is 2.08 bits per heavy atom. The number of unbranched alkanes of at least 4 members (excludes halogenated alkanes) is 2. The van der Waals surface area contributed by atoms with Crippen LogP contribution in [0.2, 0.25) is 0 Å². The van der Waals surface area contributed by atoms with E-state index in [0.29, 0.717) is 11.8 Å². The molecule has 0 aliphatic heterocycles. The number of carboxylic acid groups (broad SMARTS) is 1. The summed E-state index contributed by atoms with van der Waals surface area (Å²) in [6.07, 6.45) is 4.53. The molecule has 0 rings (SSSR count). The quantitative estimate of drug-likeness (QED) is 0.620. The number of aliphatic carboxylic acids is 1. The Labute approximate surface area is 94.8 Å². The first-order chi connectivity index (χ1) is 5.42. The SMILES string of the molecule is CC(C)(C)CCCCCC(=O)O.[Pd]. The topological polar surface area (TPSA) is 37.3 Å². The Balaban J connectivity index is 0. The second-order valence-electron chi connectivity index (χ2n) is 4.52. The zero-order valence-electron chi connectivity index (χ0n) is 8.71. The smallest absolute Gasteiger partial charge is 0.303 e. The zero-order valence-corrected chi connectivity index (χ0v) is 10.3. The van der Waals surface area contributed by atoms with Gasteiger partial charge >= 0.3 is 5.97 Å². The maximum absolute atomic E-state index is 10.2. The number of hydrogen-bond donors (Lipinski definition) is 1. The Morgan fingerprint density at radius 2 is 1.69 bits per heavy atom. The molecule has 0 aliphatic carbocycles. The van der Waals surface area contributed by atoms with E-state index in [1.165, 1.54) is 6.42 Å². The Morgan fingerprint density at radius 1 is 1.15 bits per heavy atom. The molecule has 0 aromatic carbocycles. The van der Waals surface area contributed by atoms with Crippen molar-refractivity contribution in [3.8, 4) is 0 Å². The minimum atomic E-state index is -0.675. The van der Waals surface area contributed by atoms with Gasteiger partial charge in [-0.15, -0.1) is 0 Å². The van der Waals surface area contributed by atoms with E-state index in [9.17, 15) is 4.79 Å². The minimum Gasteiger partial charge on any atom is -0.481 e. The van der Waals surface area contributed by atoms with Crippen molar-refractivity contribution in [3.63, 3.8) is 0 Å². The molecule has 82 valence electrons. The summed E-state index contributed by atoms with van der Waals surface area (Å²) in [6, 6.07) is 0. The number of carbonyl (C=O) groups is 1. The van der Waals surface area contributed by atoms with E-state index in [0.717, 1.165) is 19.3 Å². The summed E-state index contributed by atoms with van der Waals surface area (Å²) in [4.78, 5) is 10.2. The van der Waals surface area contributed by atoms with Crippen molar-refractivity contribution in [1.82, 2.24) is 0 Å². The van der Waals surface area contributed by atoms with Crippen molar-refractivity contribution < 1.29 is 30.3 Å². The summed E-state index contributed by atoms with van der Waals surface area (Å²) in [5.41, 5.74) is 0.392. The summed E-state index contributed by atoms with van der Waals surface area (Å²) in [5, 5.41) is 8.37. The van der Waals surface area contributed by atoms with E-state index in [1.807, 2.05) is 0 Å². The van der Waals surface area contributed by atoms with Gasteiger partial charge in [-0.3, -0.25) is 4.79 Å². The molecule has 0 atom stereocenters. The van der Waals surface area contributed by atoms with Crippen LogP contribution < -0.4 is 0 Å². The van der Waals surface area contributed by atoms with Gasteiger partial charge in [0.1, 0.15) is 0 Å². The standard InChI is InChI=1S/C10H20O2.Pd/c1-10(2,3)8-6-4-5-7-9(11)12;/h4-8H2,1-3H3,(H,11,12);. The Bertz CT molecular complexity index is 138. The zero-order chi connectivity index (χ0) is 9.61. The second kappa shape index (κ2) is 7.53. The first-order valence-corrected chi connectivity index (χ1v) is 4.63. The third kappa shape index (κ3) is 14.9. The van der Waals surface area contributed by atoms with Crippen LogP contribution in [0, 0.1) is 5.41 Å². The van der Waals surface area contributed by atoms with Crippen molar-refractivity contribution >= 4 is 5.97 Å². The first-order valence-electron chi connectivity index (χ1n) is 4.63. The molecule has 3 heteroatoms. The van der Waals surface area contributed by atoms with Gasteiger partial charge in [-0.2, -0.15) is 0 Å². The van der Waals surface area contributed by atoms with Crippen LogP contribution in [0.25, 0.3) is 0 Å². The van der Waals surface area contributed by atoms with Crippen LogP contribution in [0.5, 0.6) is 0 Å². The van der Waals surface area contributed by atoms with E-state index in [2.05, 4.69) is 20.8 Å². The van der Waals surface area contributed by atoms with Gasteiger partial charge in [-0.1, -0.05) is 33.6 Å². The summed E-state index contributed by atoms with van der Waals surface area (Å²) in [7, 11) is 0. The molecule has 2 nitrogen and oxygen atoms in total. The molecule has 13 heavy (non-hydrogen) atoms. The number of hydrogen-bond acceptors (Lipinski definition) is 1. The third-order valence-corrected chi connectivity index (χ3v) is 1.82. The molecule has 0 aromatic heterocycles. The molecule has 0 radical (unpaired) electrons. The Kier molecular flexibility index (Phi) is 9.03. The van der Waals surface area contributed by atoms with Crippen molar-refractivity contribution in [2.75, 3.05) is 0 Å². The van der Waals surface area contributed by atoms with E-state index in [-0.39, 0.29) is 20.4 Å². The van der Waals surface area contributed by atoms with E-state index < -0.39 is 5.97 Å². The molecule has 0 aliphatic rings. The van der Waals surface area contributed by atoms with Gasteiger partial charge in [-0.25, -0.2) is 0 Å². The van der Waals surface area contributed by atoms with Crippen molar-refractivity contribution in [3.05, 3.63) is 0 Å². The maximum Gasteiger partial charge on any atom is 0.303 e. The van der Waals surface area contributed by atoms with Crippen LogP contribution in [0.1, 0.15) is 52.9 Å². The van der Waals surface area contributed by atoms with Crippen LogP contribution >= 0.6 is 0 Å².